The van der Waals surface area contributed by atoms with Crippen molar-refractivity contribution in [2.75, 3.05) is 0 Å². The van der Waals surface area contributed by atoms with Gasteiger partial charge in [0.2, 0.25) is 0 Å². The Labute approximate surface area is 148 Å². The number of nitrogens with zero attached hydrogens (tertiary/aromatic N) is 3. The van der Waals surface area contributed by atoms with Gasteiger partial charge in [-0.15, -0.1) is 11.3 Å². The van der Waals surface area contributed by atoms with Crippen LogP contribution in [0.25, 0.3) is 21.6 Å². The van der Waals surface area contributed by atoms with Crippen LogP contribution in [-0.2, 0) is 6.54 Å². The number of benzene rings is 1. The van der Waals surface area contributed by atoms with E-state index < -0.39 is 0 Å². The molecule has 0 aliphatic carbocycles. The molecule has 0 bridgehead atoms. The summed E-state index contributed by atoms with van der Waals surface area (Å²) in [5.74, 6) is -0.145. The Kier molecular flexibility index (Phi) is 4.18. The topological polar surface area (TPSA) is 67.8 Å². The fourth-order valence-electron chi connectivity index (χ4n) is 2.60. The molecule has 6 heteroatoms. The fraction of sp³-hybridized carbons (Fsp3) is 0.0526. The van der Waals surface area contributed by atoms with E-state index in [4.69, 9.17) is 0 Å². The first kappa shape index (κ1) is 15.4. The first-order valence-electron chi connectivity index (χ1n) is 7.78. The van der Waals surface area contributed by atoms with Crippen molar-refractivity contribution in [3.8, 4) is 10.6 Å². The van der Waals surface area contributed by atoms with Crippen molar-refractivity contribution in [1.29, 1.82) is 0 Å². The predicted octanol–water partition coefficient (Wildman–Crippen LogP) is 3.68. The second-order valence-electron chi connectivity index (χ2n) is 5.43. The van der Waals surface area contributed by atoms with Crippen LogP contribution in [0.3, 0.4) is 0 Å². The van der Waals surface area contributed by atoms with Crippen molar-refractivity contribution in [3.05, 3.63) is 77.6 Å². The number of carbonyl (C=O) groups excluding carboxylic acids is 1. The van der Waals surface area contributed by atoms with Crippen LogP contribution in [0, 0.1) is 0 Å². The number of amides is 1. The van der Waals surface area contributed by atoms with E-state index >= 15 is 0 Å². The third kappa shape index (κ3) is 3.25. The Bertz CT molecular complexity index is 1030. The molecule has 5 nitrogen and oxygen atoms in total. The lowest BCUT2D eigenvalue weighted by molar-refractivity contribution is 0.0951. The fourth-order valence-corrected chi connectivity index (χ4v) is 3.35. The van der Waals surface area contributed by atoms with Gasteiger partial charge >= 0.3 is 0 Å². The second-order valence-corrected chi connectivity index (χ2v) is 6.38. The van der Waals surface area contributed by atoms with Gasteiger partial charge in [0.15, 0.2) is 0 Å². The van der Waals surface area contributed by atoms with E-state index in [2.05, 4.69) is 20.3 Å². The molecule has 0 saturated heterocycles. The van der Waals surface area contributed by atoms with Crippen LogP contribution in [0.5, 0.6) is 0 Å². The van der Waals surface area contributed by atoms with Gasteiger partial charge in [-0.2, -0.15) is 0 Å². The highest BCUT2D eigenvalue weighted by Crippen LogP contribution is 2.25. The van der Waals surface area contributed by atoms with E-state index in [1.54, 1.807) is 48.1 Å². The normalized spacial score (nSPS) is 10.7. The Balaban J connectivity index is 1.54. The molecule has 0 spiro atoms. The minimum Gasteiger partial charge on any atom is -0.348 e. The zero-order valence-corrected chi connectivity index (χ0v) is 14.0. The highest BCUT2D eigenvalue weighted by molar-refractivity contribution is 7.13. The summed E-state index contributed by atoms with van der Waals surface area (Å²) in [4.78, 5) is 26.5. The Hall–Kier alpha value is -3.12. The Morgan fingerprint density at radius 2 is 1.84 bits per heavy atom. The van der Waals surface area contributed by atoms with Crippen LogP contribution in [0.15, 0.2) is 66.4 Å². The van der Waals surface area contributed by atoms with Crippen LogP contribution >= 0.6 is 11.3 Å². The molecule has 4 rings (SSSR count). The summed E-state index contributed by atoms with van der Waals surface area (Å²) in [6.45, 7) is 0.415. The summed E-state index contributed by atoms with van der Waals surface area (Å²) in [6.07, 6.45) is 5.02. The lowest BCUT2D eigenvalue weighted by Crippen LogP contribution is -2.23. The number of thiophene rings is 1. The van der Waals surface area contributed by atoms with E-state index in [1.165, 1.54) is 0 Å². The van der Waals surface area contributed by atoms with Gasteiger partial charge in [0.1, 0.15) is 0 Å². The number of hydrogen-bond donors (Lipinski definition) is 1. The van der Waals surface area contributed by atoms with Crippen molar-refractivity contribution in [1.82, 2.24) is 20.3 Å². The molecule has 3 heterocycles. The van der Waals surface area contributed by atoms with Crippen LogP contribution in [0.2, 0.25) is 0 Å². The molecule has 1 amide bonds. The molecule has 1 N–H and O–H groups in total. The summed E-state index contributed by atoms with van der Waals surface area (Å²) < 4.78 is 0. The van der Waals surface area contributed by atoms with Gasteiger partial charge in [-0.25, -0.2) is 0 Å². The van der Waals surface area contributed by atoms with Crippen molar-refractivity contribution in [2.45, 2.75) is 6.54 Å². The summed E-state index contributed by atoms with van der Waals surface area (Å²) in [7, 11) is 0. The number of aromatic nitrogens is 3. The molecule has 1 aromatic carbocycles. The van der Waals surface area contributed by atoms with E-state index in [-0.39, 0.29) is 5.91 Å². The van der Waals surface area contributed by atoms with Crippen LogP contribution in [-0.4, -0.2) is 20.9 Å². The average molecular weight is 346 g/mol. The first-order chi connectivity index (χ1) is 12.3. The van der Waals surface area contributed by atoms with Gasteiger partial charge in [-0.3, -0.25) is 19.7 Å². The number of rotatable bonds is 4. The predicted molar refractivity (Wildman–Crippen MR) is 98.3 cm³/mol. The molecule has 0 saturated carbocycles. The van der Waals surface area contributed by atoms with E-state index in [9.17, 15) is 4.79 Å². The third-order valence-corrected chi connectivity index (χ3v) is 4.69. The van der Waals surface area contributed by atoms with Gasteiger partial charge in [0.05, 0.1) is 21.6 Å². The molecule has 0 atom stereocenters. The van der Waals surface area contributed by atoms with Gasteiger partial charge in [-0.1, -0.05) is 12.1 Å². The van der Waals surface area contributed by atoms with Gasteiger partial charge in [0, 0.05) is 30.7 Å². The van der Waals surface area contributed by atoms with Crippen molar-refractivity contribution < 1.29 is 4.79 Å². The van der Waals surface area contributed by atoms with Crippen LogP contribution in [0.1, 0.15) is 15.9 Å². The standard InChI is InChI=1S/C19H14N4OS/c24-19(13-5-6-15-16(11-13)21-9-8-20-15)23-12-14-3-1-7-22-18(14)17-4-2-10-25-17/h1-11H,12H2,(H,23,24). The highest BCUT2D eigenvalue weighted by Gasteiger charge is 2.11. The zero-order chi connectivity index (χ0) is 17.1. The maximum Gasteiger partial charge on any atom is 0.251 e. The maximum absolute atomic E-state index is 12.5. The highest BCUT2D eigenvalue weighted by atomic mass is 32.1. The lowest BCUT2D eigenvalue weighted by atomic mass is 10.1. The number of pyridine rings is 1. The third-order valence-electron chi connectivity index (χ3n) is 3.82. The van der Waals surface area contributed by atoms with Crippen LogP contribution in [0.4, 0.5) is 0 Å². The van der Waals surface area contributed by atoms with Crippen molar-refractivity contribution in [3.63, 3.8) is 0 Å². The average Bonchev–Trinajstić information content (AvgIpc) is 3.20. The SMILES string of the molecule is O=C(NCc1cccnc1-c1cccs1)c1ccc2nccnc2c1. The molecule has 4 aromatic rings. The minimum absolute atomic E-state index is 0.145. The maximum atomic E-state index is 12.5. The zero-order valence-electron chi connectivity index (χ0n) is 13.2. The molecule has 0 unspecified atom stereocenters. The summed E-state index contributed by atoms with van der Waals surface area (Å²) in [5.41, 5.74) is 3.93. The number of hydrogen-bond acceptors (Lipinski definition) is 5. The minimum atomic E-state index is -0.145. The largest absolute Gasteiger partial charge is 0.348 e. The van der Waals surface area contributed by atoms with Gasteiger partial charge < -0.3 is 5.32 Å². The first-order valence-corrected chi connectivity index (χ1v) is 8.66. The van der Waals surface area contributed by atoms with E-state index in [0.717, 1.165) is 21.7 Å². The summed E-state index contributed by atoms with van der Waals surface area (Å²) in [6, 6.07) is 13.2. The van der Waals surface area contributed by atoms with Gasteiger partial charge in [-0.05, 0) is 41.3 Å². The van der Waals surface area contributed by atoms with Crippen molar-refractivity contribution >= 4 is 28.3 Å². The number of fused-ring (bicyclic) bond motifs is 1. The molecular formula is C19H14N4OS. The monoisotopic (exact) mass is 346 g/mol. The number of nitrogens with one attached hydrogen (secondary N) is 1. The summed E-state index contributed by atoms with van der Waals surface area (Å²) >= 11 is 1.63. The van der Waals surface area contributed by atoms with Crippen molar-refractivity contribution in [2.24, 2.45) is 0 Å². The smallest absolute Gasteiger partial charge is 0.251 e. The molecule has 0 aliphatic rings. The molecular weight excluding hydrogens is 332 g/mol. The number of carbonyl (C=O) groups is 1. The quantitative estimate of drug-likeness (QED) is 0.612. The molecule has 122 valence electrons. The van der Waals surface area contributed by atoms with E-state index in [0.29, 0.717) is 17.6 Å². The lowest BCUT2D eigenvalue weighted by Gasteiger charge is -2.09. The molecule has 25 heavy (non-hydrogen) atoms. The molecule has 3 aromatic heterocycles. The Morgan fingerprint density at radius 1 is 0.960 bits per heavy atom. The Morgan fingerprint density at radius 3 is 2.68 bits per heavy atom. The molecule has 0 radical (unpaired) electrons. The second kappa shape index (κ2) is 6.78. The summed E-state index contributed by atoms with van der Waals surface area (Å²) in [5, 5.41) is 4.98. The van der Waals surface area contributed by atoms with Gasteiger partial charge in [0.25, 0.3) is 5.91 Å². The van der Waals surface area contributed by atoms with Crippen LogP contribution < -0.4 is 5.32 Å². The van der Waals surface area contributed by atoms with E-state index in [1.807, 2.05) is 29.6 Å². The molecule has 0 aliphatic heterocycles. The molecule has 0 fully saturated rings.